The van der Waals surface area contributed by atoms with Gasteiger partial charge in [0.1, 0.15) is 5.75 Å². The summed E-state index contributed by atoms with van der Waals surface area (Å²) in [5.41, 5.74) is 0. The van der Waals surface area contributed by atoms with Gasteiger partial charge in [-0.2, -0.15) is 4.98 Å². The molecule has 0 atom stereocenters. The molecular weight excluding hydrogens is 266 g/mol. The van der Waals surface area contributed by atoms with Gasteiger partial charge in [0.05, 0.1) is 10.8 Å². The minimum absolute atomic E-state index is 0.209. The summed E-state index contributed by atoms with van der Waals surface area (Å²) in [5.74, 6) is 0.698. The zero-order valence-electron chi connectivity index (χ0n) is 10.1. The fourth-order valence-corrected chi connectivity index (χ4v) is 3.03. The molecule has 0 unspecified atom stereocenters. The van der Waals surface area contributed by atoms with Crippen LogP contribution in [0, 0.1) is 0 Å². The molecule has 3 rings (SSSR count). The van der Waals surface area contributed by atoms with Crippen LogP contribution in [-0.4, -0.2) is 31.6 Å². The third-order valence-electron chi connectivity index (χ3n) is 3.04. The maximum absolute atomic E-state index is 12.1. The van der Waals surface area contributed by atoms with Crippen molar-refractivity contribution in [2.24, 2.45) is 0 Å². The van der Waals surface area contributed by atoms with Crippen LogP contribution >= 0.6 is 0 Å². The molecule has 100 valence electrons. The third kappa shape index (κ3) is 2.52. The maximum Gasteiger partial charge on any atom is 0.232 e. The van der Waals surface area contributed by atoms with Crippen molar-refractivity contribution in [1.29, 1.82) is 0 Å². The SMILES string of the molecule is O=S(=O)(Cc1noc(C2CNC2)n1)c1ccccc1. The van der Waals surface area contributed by atoms with E-state index >= 15 is 0 Å². The van der Waals surface area contributed by atoms with E-state index in [4.69, 9.17) is 4.52 Å². The summed E-state index contributed by atoms with van der Waals surface area (Å²) < 4.78 is 29.3. The van der Waals surface area contributed by atoms with Gasteiger partial charge in [-0.25, -0.2) is 8.42 Å². The van der Waals surface area contributed by atoms with Gasteiger partial charge in [0, 0.05) is 13.1 Å². The molecular formula is C12H13N3O3S. The van der Waals surface area contributed by atoms with E-state index in [0.717, 1.165) is 13.1 Å². The Morgan fingerprint density at radius 2 is 2.00 bits per heavy atom. The predicted molar refractivity (Wildman–Crippen MR) is 67.2 cm³/mol. The first kappa shape index (κ1) is 12.3. The minimum Gasteiger partial charge on any atom is -0.339 e. The third-order valence-corrected chi connectivity index (χ3v) is 4.66. The molecule has 1 N–H and O–H groups in total. The number of benzene rings is 1. The van der Waals surface area contributed by atoms with Crippen LogP contribution in [0.4, 0.5) is 0 Å². The molecule has 0 bridgehead atoms. The van der Waals surface area contributed by atoms with E-state index in [1.165, 1.54) is 0 Å². The van der Waals surface area contributed by atoms with Crippen LogP contribution in [0.25, 0.3) is 0 Å². The lowest BCUT2D eigenvalue weighted by Gasteiger charge is -2.22. The molecule has 1 saturated heterocycles. The molecule has 1 aliphatic heterocycles. The highest BCUT2D eigenvalue weighted by Crippen LogP contribution is 2.19. The number of nitrogens with one attached hydrogen (secondary N) is 1. The molecule has 1 fully saturated rings. The second-order valence-electron chi connectivity index (χ2n) is 4.48. The van der Waals surface area contributed by atoms with Crippen LogP contribution in [-0.2, 0) is 15.6 Å². The zero-order valence-corrected chi connectivity index (χ0v) is 10.9. The summed E-state index contributed by atoms with van der Waals surface area (Å²) >= 11 is 0. The highest BCUT2D eigenvalue weighted by Gasteiger charge is 2.26. The second-order valence-corrected chi connectivity index (χ2v) is 6.47. The van der Waals surface area contributed by atoms with Gasteiger partial charge < -0.3 is 9.84 Å². The van der Waals surface area contributed by atoms with Crippen LogP contribution in [0.5, 0.6) is 0 Å². The van der Waals surface area contributed by atoms with Gasteiger partial charge in [-0.1, -0.05) is 23.4 Å². The van der Waals surface area contributed by atoms with Crippen molar-refractivity contribution in [3.8, 4) is 0 Å². The van der Waals surface area contributed by atoms with E-state index in [1.54, 1.807) is 30.3 Å². The Kier molecular flexibility index (Phi) is 3.08. The standard InChI is InChI=1S/C12H13N3O3S/c16-19(17,10-4-2-1-3-5-10)8-11-14-12(18-15-11)9-6-13-7-9/h1-5,9,13H,6-8H2. The maximum atomic E-state index is 12.1. The molecule has 1 aromatic carbocycles. The first-order chi connectivity index (χ1) is 9.15. The molecule has 0 spiro atoms. The van der Waals surface area contributed by atoms with E-state index in [1.807, 2.05) is 0 Å². The quantitative estimate of drug-likeness (QED) is 0.888. The summed E-state index contributed by atoms with van der Waals surface area (Å²) in [6, 6.07) is 8.27. The lowest BCUT2D eigenvalue weighted by atomic mass is 10.0. The van der Waals surface area contributed by atoms with E-state index in [9.17, 15) is 8.42 Å². The van der Waals surface area contributed by atoms with E-state index in [0.29, 0.717) is 5.89 Å². The summed E-state index contributed by atoms with van der Waals surface area (Å²) in [7, 11) is -3.42. The van der Waals surface area contributed by atoms with Crippen LogP contribution in [0.15, 0.2) is 39.8 Å². The van der Waals surface area contributed by atoms with Crippen molar-refractivity contribution in [2.75, 3.05) is 13.1 Å². The van der Waals surface area contributed by atoms with Gasteiger partial charge >= 0.3 is 0 Å². The Bertz CT molecular complexity index is 663. The summed E-state index contributed by atoms with van der Waals surface area (Å²) in [5, 5.41) is 6.83. The van der Waals surface area contributed by atoms with Crippen LogP contribution in [0.3, 0.4) is 0 Å². The molecule has 1 aromatic heterocycles. The first-order valence-corrected chi connectivity index (χ1v) is 7.61. The van der Waals surface area contributed by atoms with Crippen molar-refractivity contribution < 1.29 is 12.9 Å². The number of rotatable bonds is 4. The van der Waals surface area contributed by atoms with Gasteiger partial charge in [0.25, 0.3) is 0 Å². The minimum atomic E-state index is -3.42. The smallest absolute Gasteiger partial charge is 0.232 e. The Hall–Kier alpha value is -1.73. The number of hydrogen-bond acceptors (Lipinski definition) is 6. The van der Waals surface area contributed by atoms with Gasteiger partial charge in [-0.15, -0.1) is 0 Å². The van der Waals surface area contributed by atoms with Crippen LogP contribution < -0.4 is 5.32 Å². The van der Waals surface area contributed by atoms with Crippen molar-refractivity contribution >= 4 is 9.84 Å². The molecule has 0 radical (unpaired) electrons. The number of sulfone groups is 1. The average molecular weight is 279 g/mol. The topological polar surface area (TPSA) is 85.1 Å². The molecule has 6 nitrogen and oxygen atoms in total. The Morgan fingerprint density at radius 3 is 2.63 bits per heavy atom. The second kappa shape index (κ2) is 4.75. The highest BCUT2D eigenvalue weighted by atomic mass is 32.2. The Morgan fingerprint density at radius 1 is 1.26 bits per heavy atom. The summed E-state index contributed by atoms with van der Waals surface area (Å²) in [6.45, 7) is 1.60. The molecule has 19 heavy (non-hydrogen) atoms. The van der Waals surface area contributed by atoms with E-state index in [-0.39, 0.29) is 22.4 Å². The first-order valence-electron chi connectivity index (χ1n) is 5.96. The van der Waals surface area contributed by atoms with Gasteiger partial charge in [0.15, 0.2) is 15.7 Å². The highest BCUT2D eigenvalue weighted by molar-refractivity contribution is 7.90. The van der Waals surface area contributed by atoms with E-state index < -0.39 is 9.84 Å². The lowest BCUT2D eigenvalue weighted by molar-refractivity contribution is 0.306. The molecule has 1 aliphatic rings. The van der Waals surface area contributed by atoms with Crippen molar-refractivity contribution in [3.63, 3.8) is 0 Å². The predicted octanol–water partition coefficient (Wildman–Crippen LogP) is 0.730. The molecule has 2 aromatic rings. The van der Waals surface area contributed by atoms with E-state index in [2.05, 4.69) is 15.5 Å². The van der Waals surface area contributed by atoms with Crippen LogP contribution in [0.2, 0.25) is 0 Å². The Balaban J connectivity index is 1.79. The molecule has 7 heteroatoms. The largest absolute Gasteiger partial charge is 0.339 e. The number of hydrogen-bond donors (Lipinski definition) is 1. The van der Waals surface area contributed by atoms with Crippen LogP contribution in [0.1, 0.15) is 17.6 Å². The normalized spacial score (nSPS) is 16.2. The van der Waals surface area contributed by atoms with Crippen molar-refractivity contribution in [1.82, 2.24) is 15.5 Å². The molecule has 0 saturated carbocycles. The summed E-state index contributed by atoms with van der Waals surface area (Å²) in [6.07, 6.45) is 0. The fourth-order valence-electron chi connectivity index (χ4n) is 1.84. The van der Waals surface area contributed by atoms with Gasteiger partial charge in [-0.05, 0) is 12.1 Å². The number of aromatic nitrogens is 2. The molecule has 0 amide bonds. The lowest BCUT2D eigenvalue weighted by Crippen LogP contribution is -2.40. The monoisotopic (exact) mass is 279 g/mol. The Labute approximate surface area is 110 Å². The summed E-state index contributed by atoms with van der Waals surface area (Å²) in [4.78, 5) is 4.42. The zero-order chi connectivity index (χ0) is 13.3. The molecule has 2 heterocycles. The fraction of sp³-hybridized carbons (Fsp3) is 0.333. The van der Waals surface area contributed by atoms with Gasteiger partial charge in [-0.3, -0.25) is 0 Å². The number of nitrogens with zero attached hydrogens (tertiary/aromatic N) is 2. The average Bonchev–Trinajstić information content (AvgIpc) is 2.75. The molecule has 0 aliphatic carbocycles. The van der Waals surface area contributed by atoms with Crippen molar-refractivity contribution in [3.05, 3.63) is 42.0 Å². The van der Waals surface area contributed by atoms with Crippen molar-refractivity contribution in [2.45, 2.75) is 16.6 Å². The van der Waals surface area contributed by atoms with Gasteiger partial charge in [0.2, 0.25) is 5.89 Å².